The second-order valence-electron chi connectivity index (χ2n) is 8.21. The van der Waals surface area contributed by atoms with Crippen molar-refractivity contribution in [2.75, 3.05) is 7.05 Å². The first-order chi connectivity index (χ1) is 17.1. The van der Waals surface area contributed by atoms with Crippen LogP contribution in [0.4, 0.5) is 0 Å². The van der Waals surface area contributed by atoms with Crippen molar-refractivity contribution in [2.45, 2.75) is 19.6 Å². The highest BCUT2D eigenvalue weighted by Gasteiger charge is 2.15. The molecule has 0 aliphatic rings. The Morgan fingerprint density at radius 3 is 2.54 bits per heavy atom. The highest BCUT2D eigenvalue weighted by Crippen LogP contribution is 2.30. The van der Waals surface area contributed by atoms with E-state index in [1.807, 2.05) is 72.8 Å². The summed E-state index contributed by atoms with van der Waals surface area (Å²) in [6, 6.07) is 23.2. The van der Waals surface area contributed by atoms with E-state index in [4.69, 9.17) is 9.40 Å². The predicted molar refractivity (Wildman–Crippen MR) is 137 cm³/mol. The Balaban J connectivity index is 1.41. The molecule has 176 valence electrons. The molecule has 5 aromatic rings. The fraction of sp³-hybridized carbons (Fsp3) is 0.148. The second kappa shape index (κ2) is 10.1. The first-order valence-corrected chi connectivity index (χ1v) is 12.0. The van der Waals surface area contributed by atoms with Crippen LogP contribution in [-0.2, 0) is 19.6 Å². The Labute approximate surface area is 206 Å². The number of nitrogens with one attached hydrogen (secondary N) is 2. The van der Waals surface area contributed by atoms with Crippen LogP contribution in [0.25, 0.3) is 20.7 Å². The number of hydrogen-bond acceptors (Lipinski definition) is 6. The summed E-state index contributed by atoms with van der Waals surface area (Å²) in [5, 5.41) is 3.23. The van der Waals surface area contributed by atoms with Gasteiger partial charge in [-0.1, -0.05) is 42.5 Å². The molecule has 5 rings (SSSR count). The lowest BCUT2D eigenvalue weighted by Gasteiger charge is -2.21. The Kier molecular flexibility index (Phi) is 6.56. The van der Waals surface area contributed by atoms with E-state index in [-0.39, 0.29) is 11.5 Å². The lowest BCUT2D eigenvalue weighted by atomic mass is 10.1. The summed E-state index contributed by atoms with van der Waals surface area (Å²) in [6.45, 7) is 1.57. The number of aromatic amines is 1. The molecule has 0 spiro atoms. The molecule has 2 N–H and O–H groups in total. The zero-order valence-corrected chi connectivity index (χ0v) is 20.0. The molecule has 0 unspecified atom stereocenters. The summed E-state index contributed by atoms with van der Waals surface area (Å²) in [5.41, 5.74) is 2.57. The van der Waals surface area contributed by atoms with E-state index < -0.39 is 0 Å². The first kappa shape index (κ1) is 22.8. The zero-order valence-electron chi connectivity index (χ0n) is 19.2. The Bertz CT molecular complexity index is 1490. The number of hydrogen-bond donors (Lipinski definition) is 2. The molecule has 3 heterocycles. The van der Waals surface area contributed by atoms with Gasteiger partial charge in [-0.05, 0) is 41.5 Å². The van der Waals surface area contributed by atoms with Crippen LogP contribution in [0.2, 0.25) is 0 Å². The first-order valence-electron chi connectivity index (χ1n) is 11.2. The molecule has 0 atom stereocenters. The lowest BCUT2D eigenvalue weighted by molar-refractivity contribution is 0.0963. The van der Waals surface area contributed by atoms with Crippen LogP contribution in [0.5, 0.6) is 0 Å². The summed E-state index contributed by atoms with van der Waals surface area (Å²) in [6.07, 6.45) is 1.65. The van der Waals surface area contributed by atoms with Crippen molar-refractivity contribution in [1.82, 2.24) is 20.2 Å². The van der Waals surface area contributed by atoms with Crippen molar-refractivity contribution in [1.29, 1.82) is 0 Å². The summed E-state index contributed by atoms with van der Waals surface area (Å²) in [5.74, 6) is 1.29. The Hall–Kier alpha value is -4.01. The van der Waals surface area contributed by atoms with Crippen molar-refractivity contribution in [3.63, 3.8) is 0 Å². The van der Waals surface area contributed by atoms with Crippen molar-refractivity contribution in [3.8, 4) is 10.4 Å². The molecule has 0 saturated carbocycles. The highest BCUT2D eigenvalue weighted by molar-refractivity contribution is 7.21. The summed E-state index contributed by atoms with van der Waals surface area (Å²) >= 11 is 1.52. The molecule has 1 amide bonds. The summed E-state index contributed by atoms with van der Waals surface area (Å²) in [4.78, 5) is 36.3. The number of furan rings is 1. The van der Waals surface area contributed by atoms with Crippen molar-refractivity contribution in [2.24, 2.45) is 0 Å². The van der Waals surface area contributed by atoms with Crippen LogP contribution < -0.4 is 10.9 Å². The van der Waals surface area contributed by atoms with E-state index in [2.05, 4.69) is 15.2 Å². The van der Waals surface area contributed by atoms with E-state index in [1.54, 1.807) is 13.3 Å². The number of fused-ring (bicyclic) bond motifs is 1. The molecule has 0 bridgehead atoms. The van der Waals surface area contributed by atoms with Crippen LogP contribution in [0, 0.1) is 0 Å². The minimum absolute atomic E-state index is 0.120. The Morgan fingerprint density at radius 2 is 1.83 bits per heavy atom. The zero-order chi connectivity index (χ0) is 24.2. The third-order valence-corrected chi connectivity index (χ3v) is 6.77. The molecular weight excluding hydrogens is 460 g/mol. The van der Waals surface area contributed by atoms with Crippen LogP contribution in [0.3, 0.4) is 0 Å². The summed E-state index contributed by atoms with van der Waals surface area (Å²) in [7, 11) is 1.61. The molecule has 0 aliphatic carbocycles. The molecule has 0 aliphatic heterocycles. The average molecular weight is 485 g/mol. The maximum absolute atomic E-state index is 12.9. The van der Waals surface area contributed by atoms with E-state index in [1.165, 1.54) is 11.3 Å². The largest absolute Gasteiger partial charge is 0.468 e. The second-order valence-corrected chi connectivity index (χ2v) is 9.24. The minimum atomic E-state index is -0.142. The molecule has 8 heteroatoms. The molecule has 0 radical (unpaired) electrons. The molecule has 35 heavy (non-hydrogen) atoms. The SMILES string of the molecule is CNC(=O)c1ccc(CN(Cc2nc3sc(-c4ccccc4)cc3c(=O)[nH]2)Cc2ccco2)cc1. The number of benzene rings is 2. The third-order valence-electron chi connectivity index (χ3n) is 5.69. The smallest absolute Gasteiger partial charge is 0.259 e. The quantitative estimate of drug-likeness (QED) is 0.330. The number of aromatic nitrogens is 2. The molecule has 3 aromatic heterocycles. The van der Waals surface area contributed by atoms with Gasteiger partial charge in [0.25, 0.3) is 11.5 Å². The van der Waals surface area contributed by atoms with E-state index in [9.17, 15) is 9.59 Å². The number of amides is 1. The van der Waals surface area contributed by atoms with Gasteiger partial charge >= 0.3 is 0 Å². The topological polar surface area (TPSA) is 91.2 Å². The fourth-order valence-corrected chi connectivity index (χ4v) is 5.02. The van der Waals surface area contributed by atoms with Gasteiger partial charge in [-0.25, -0.2) is 4.98 Å². The average Bonchev–Trinajstić information content (AvgIpc) is 3.55. The van der Waals surface area contributed by atoms with Gasteiger partial charge in [0.05, 0.1) is 24.7 Å². The van der Waals surface area contributed by atoms with Gasteiger partial charge in [0.1, 0.15) is 16.4 Å². The number of nitrogens with zero attached hydrogens (tertiary/aromatic N) is 2. The number of H-pyrrole nitrogens is 1. The van der Waals surface area contributed by atoms with Crippen LogP contribution in [0.15, 0.2) is 88.3 Å². The van der Waals surface area contributed by atoms with E-state index in [0.717, 1.165) is 26.6 Å². The molecule has 0 saturated heterocycles. The fourth-order valence-electron chi connectivity index (χ4n) is 3.96. The lowest BCUT2D eigenvalue weighted by Crippen LogP contribution is -2.25. The normalized spacial score (nSPS) is 11.3. The van der Waals surface area contributed by atoms with Crippen LogP contribution in [0.1, 0.15) is 27.5 Å². The standard InChI is InChI=1S/C27H24N4O3S/c1-28-25(32)20-11-9-18(10-12-20)15-31(16-21-8-5-13-34-21)17-24-29-26(33)22-14-23(35-27(22)30-24)19-6-3-2-4-7-19/h2-14H,15-17H2,1H3,(H,28,32)(H,29,30,33). The van der Waals surface area contributed by atoms with E-state index in [0.29, 0.717) is 36.4 Å². The highest BCUT2D eigenvalue weighted by atomic mass is 32.1. The van der Waals surface area contributed by atoms with Crippen molar-refractivity contribution in [3.05, 3.63) is 112 Å². The predicted octanol–water partition coefficient (Wildman–Crippen LogP) is 4.81. The maximum atomic E-state index is 12.9. The van der Waals surface area contributed by atoms with Gasteiger partial charge in [0.15, 0.2) is 0 Å². The van der Waals surface area contributed by atoms with Crippen LogP contribution in [-0.4, -0.2) is 27.8 Å². The molecule has 0 fully saturated rings. The molecule has 2 aromatic carbocycles. The number of carbonyl (C=O) groups is 1. The molecular formula is C27H24N4O3S. The van der Waals surface area contributed by atoms with Crippen molar-refractivity contribution >= 4 is 27.5 Å². The number of thiophene rings is 1. The maximum Gasteiger partial charge on any atom is 0.259 e. The van der Waals surface area contributed by atoms with E-state index >= 15 is 0 Å². The molecule has 7 nitrogen and oxygen atoms in total. The van der Waals surface area contributed by atoms with Gasteiger partial charge in [0.2, 0.25) is 0 Å². The van der Waals surface area contributed by atoms with Gasteiger partial charge in [-0.15, -0.1) is 11.3 Å². The minimum Gasteiger partial charge on any atom is -0.468 e. The van der Waals surface area contributed by atoms with Gasteiger partial charge in [0, 0.05) is 24.0 Å². The van der Waals surface area contributed by atoms with Gasteiger partial charge in [-0.3, -0.25) is 14.5 Å². The number of rotatable bonds is 8. The summed E-state index contributed by atoms with van der Waals surface area (Å²) < 4.78 is 5.57. The van der Waals surface area contributed by atoms with Crippen LogP contribution >= 0.6 is 11.3 Å². The van der Waals surface area contributed by atoms with Gasteiger partial charge < -0.3 is 14.7 Å². The number of carbonyl (C=O) groups excluding carboxylic acids is 1. The Morgan fingerprint density at radius 1 is 1.03 bits per heavy atom. The van der Waals surface area contributed by atoms with Crippen molar-refractivity contribution < 1.29 is 9.21 Å². The van der Waals surface area contributed by atoms with Gasteiger partial charge in [-0.2, -0.15) is 0 Å². The monoisotopic (exact) mass is 484 g/mol. The third kappa shape index (κ3) is 5.24.